The van der Waals surface area contributed by atoms with Gasteiger partial charge >= 0.3 is 0 Å². The van der Waals surface area contributed by atoms with Crippen LogP contribution in [0.1, 0.15) is 18.7 Å². The molecule has 1 N–H and O–H groups in total. The standard InChI is InChI=1S/C9H14N2O/c1-7(12)9(11(2)3)8-5-4-6-10-8/h4-6,9-10H,1-3H3. The zero-order chi connectivity index (χ0) is 9.14. The highest BCUT2D eigenvalue weighted by atomic mass is 16.1. The van der Waals surface area contributed by atoms with Gasteiger partial charge in [0.15, 0.2) is 5.78 Å². The van der Waals surface area contributed by atoms with E-state index in [9.17, 15) is 4.79 Å². The lowest BCUT2D eigenvalue weighted by Gasteiger charge is -2.20. The maximum absolute atomic E-state index is 11.2. The summed E-state index contributed by atoms with van der Waals surface area (Å²) in [7, 11) is 3.79. The average molecular weight is 166 g/mol. The number of H-pyrrole nitrogens is 1. The molecular formula is C9H14N2O. The number of hydrogen-bond donors (Lipinski definition) is 1. The minimum absolute atomic E-state index is 0.139. The fraction of sp³-hybridized carbons (Fsp3) is 0.444. The monoisotopic (exact) mass is 166 g/mol. The van der Waals surface area contributed by atoms with Crippen LogP contribution in [0, 0.1) is 0 Å². The summed E-state index contributed by atoms with van der Waals surface area (Å²) in [4.78, 5) is 16.2. The van der Waals surface area contributed by atoms with Crippen molar-refractivity contribution < 1.29 is 4.79 Å². The van der Waals surface area contributed by atoms with Crippen LogP contribution in [0.3, 0.4) is 0 Å². The third-order valence-corrected chi connectivity index (χ3v) is 1.82. The first-order valence-corrected chi connectivity index (χ1v) is 3.93. The molecule has 0 aromatic carbocycles. The van der Waals surface area contributed by atoms with E-state index in [4.69, 9.17) is 0 Å². The number of rotatable bonds is 3. The van der Waals surface area contributed by atoms with Crippen molar-refractivity contribution in [2.75, 3.05) is 14.1 Å². The number of hydrogen-bond acceptors (Lipinski definition) is 2. The van der Waals surface area contributed by atoms with Crippen LogP contribution in [0.5, 0.6) is 0 Å². The predicted molar refractivity (Wildman–Crippen MR) is 47.9 cm³/mol. The number of likely N-dealkylation sites (N-methyl/N-ethyl adjacent to an activating group) is 1. The number of nitrogens with one attached hydrogen (secondary N) is 1. The SMILES string of the molecule is CC(=O)C(c1ccc[nH]1)N(C)C. The van der Waals surface area contributed by atoms with E-state index < -0.39 is 0 Å². The lowest BCUT2D eigenvalue weighted by atomic mass is 10.1. The molecule has 0 radical (unpaired) electrons. The molecule has 1 unspecified atom stereocenters. The highest BCUT2D eigenvalue weighted by Crippen LogP contribution is 2.16. The molecular weight excluding hydrogens is 152 g/mol. The van der Waals surface area contributed by atoms with Crippen molar-refractivity contribution in [3.8, 4) is 0 Å². The minimum Gasteiger partial charge on any atom is -0.363 e. The number of aromatic amines is 1. The van der Waals surface area contributed by atoms with Crippen LogP contribution in [0.4, 0.5) is 0 Å². The van der Waals surface area contributed by atoms with Gasteiger partial charge in [0.05, 0.1) is 0 Å². The number of aromatic nitrogens is 1. The quantitative estimate of drug-likeness (QED) is 0.732. The topological polar surface area (TPSA) is 36.1 Å². The van der Waals surface area contributed by atoms with Crippen LogP contribution in [0.25, 0.3) is 0 Å². The van der Waals surface area contributed by atoms with Gasteiger partial charge in [-0.15, -0.1) is 0 Å². The Morgan fingerprint density at radius 3 is 2.58 bits per heavy atom. The molecule has 0 amide bonds. The van der Waals surface area contributed by atoms with Crippen LogP contribution in [-0.2, 0) is 4.79 Å². The molecule has 0 fully saturated rings. The first kappa shape index (κ1) is 9.00. The van der Waals surface area contributed by atoms with Gasteiger partial charge in [0, 0.05) is 11.9 Å². The lowest BCUT2D eigenvalue weighted by Crippen LogP contribution is -2.26. The van der Waals surface area contributed by atoms with Crippen molar-refractivity contribution in [1.29, 1.82) is 0 Å². The number of carbonyl (C=O) groups is 1. The normalized spacial score (nSPS) is 13.3. The van der Waals surface area contributed by atoms with Crippen LogP contribution in [0.2, 0.25) is 0 Å². The number of Topliss-reactive ketones (excluding diaryl/α,β-unsaturated/α-hetero) is 1. The van der Waals surface area contributed by atoms with Gasteiger partial charge in [-0.3, -0.25) is 9.69 Å². The van der Waals surface area contributed by atoms with Crippen LogP contribution >= 0.6 is 0 Å². The first-order valence-electron chi connectivity index (χ1n) is 3.93. The summed E-state index contributed by atoms with van der Waals surface area (Å²) < 4.78 is 0. The van der Waals surface area contributed by atoms with Crippen LogP contribution in [-0.4, -0.2) is 29.8 Å². The summed E-state index contributed by atoms with van der Waals surface area (Å²) in [5.41, 5.74) is 0.951. The molecule has 0 aliphatic rings. The van der Waals surface area contributed by atoms with Crippen molar-refractivity contribution in [2.24, 2.45) is 0 Å². The number of nitrogens with zero attached hydrogens (tertiary/aromatic N) is 1. The Morgan fingerprint density at radius 1 is 1.58 bits per heavy atom. The van der Waals surface area contributed by atoms with Gasteiger partial charge in [0.2, 0.25) is 0 Å². The van der Waals surface area contributed by atoms with E-state index in [0.29, 0.717) is 0 Å². The zero-order valence-corrected chi connectivity index (χ0v) is 7.66. The average Bonchev–Trinajstić information content (AvgIpc) is 2.37. The molecule has 1 atom stereocenters. The molecule has 1 heterocycles. The Balaban J connectivity index is 2.88. The van der Waals surface area contributed by atoms with Crippen LogP contribution in [0.15, 0.2) is 18.3 Å². The molecule has 3 nitrogen and oxygen atoms in total. The van der Waals surface area contributed by atoms with E-state index in [2.05, 4.69) is 4.98 Å². The Bertz CT molecular complexity index is 252. The van der Waals surface area contributed by atoms with E-state index in [1.165, 1.54) is 0 Å². The van der Waals surface area contributed by atoms with Gasteiger partial charge in [-0.05, 0) is 33.2 Å². The van der Waals surface area contributed by atoms with E-state index >= 15 is 0 Å². The van der Waals surface area contributed by atoms with Crippen molar-refractivity contribution in [1.82, 2.24) is 9.88 Å². The Labute approximate surface area is 72.4 Å². The maximum atomic E-state index is 11.2. The Kier molecular flexibility index (Phi) is 2.65. The second-order valence-corrected chi connectivity index (χ2v) is 3.10. The fourth-order valence-electron chi connectivity index (χ4n) is 1.38. The molecule has 0 spiro atoms. The summed E-state index contributed by atoms with van der Waals surface area (Å²) in [5.74, 6) is 0.155. The highest BCUT2D eigenvalue weighted by Gasteiger charge is 2.18. The molecule has 0 saturated heterocycles. The lowest BCUT2D eigenvalue weighted by molar-refractivity contribution is -0.121. The summed E-state index contributed by atoms with van der Waals surface area (Å²) in [6, 6.07) is 3.68. The Morgan fingerprint density at radius 2 is 2.25 bits per heavy atom. The molecule has 12 heavy (non-hydrogen) atoms. The zero-order valence-electron chi connectivity index (χ0n) is 7.66. The molecule has 0 aliphatic heterocycles. The van der Waals surface area contributed by atoms with Crippen molar-refractivity contribution in [2.45, 2.75) is 13.0 Å². The first-order chi connectivity index (χ1) is 5.63. The van der Waals surface area contributed by atoms with Crippen molar-refractivity contribution in [3.63, 3.8) is 0 Å². The third-order valence-electron chi connectivity index (χ3n) is 1.82. The van der Waals surface area contributed by atoms with E-state index in [-0.39, 0.29) is 11.8 Å². The summed E-state index contributed by atoms with van der Waals surface area (Å²) >= 11 is 0. The molecule has 1 aromatic rings. The van der Waals surface area contributed by atoms with Crippen LogP contribution < -0.4 is 0 Å². The van der Waals surface area contributed by atoms with Crippen molar-refractivity contribution >= 4 is 5.78 Å². The minimum atomic E-state index is -0.139. The number of carbonyl (C=O) groups excluding carboxylic acids is 1. The second-order valence-electron chi connectivity index (χ2n) is 3.10. The molecule has 0 aliphatic carbocycles. The third kappa shape index (κ3) is 1.74. The highest BCUT2D eigenvalue weighted by molar-refractivity contribution is 5.82. The van der Waals surface area contributed by atoms with E-state index in [1.807, 2.05) is 37.3 Å². The molecule has 0 bridgehead atoms. The predicted octanol–water partition coefficient (Wildman–Crippen LogP) is 1.21. The molecule has 3 heteroatoms. The second kappa shape index (κ2) is 3.54. The molecule has 1 rings (SSSR count). The molecule has 1 aromatic heterocycles. The summed E-state index contributed by atoms with van der Waals surface area (Å²) in [6.45, 7) is 1.60. The smallest absolute Gasteiger partial charge is 0.152 e. The van der Waals surface area contributed by atoms with E-state index in [0.717, 1.165) is 5.69 Å². The van der Waals surface area contributed by atoms with Gasteiger partial charge in [-0.1, -0.05) is 0 Å². The van der Waals surface area contributed by atoms with Gasteiger partial charge < -0.3 is 4.98 Å². The fourth-order valence-corrected chi connectivity index (χ4v) is 1.38. The summed E-state index contributed by atoms with van der Waals surface area (Å²) in [6.07, 6.45) is 1.83. The van der Waals surface area contributed by atoms with Gasteiger partial charge in [-0.2, -0.15) is 0 Å². The van der Waals surface area contributed by atoms with Gasteiger partial charge in [0.25, 0.3) is 0 Å². The maximum Gasteiger partial charge on any atom is 0.152 e. The number of ketones is 1. The van der Waals surface area contributed by atoms with E-state index in [1.54, 1.807) is 6.92 Å². The van der Waals surface area contributed by atoms with Gasteiger partial charge in [-0.25, -0.2) is 0 Å². The van der Waals surface area contributed by atoms with Crippen molar-refractivity contribution in [3.05, 3.63) is 24.0 Å². The molecule has 66 valence electrons. The Hall–Kier alpha value is -1.09. The largest absolute Gasteiger partial charge is 0.363 e. The summed E-state index contributed by atoms with van der Waals surface area (Å²) in [5, 5.41) is 0. The molecule has 0 saturated carbocycles. The van der Waals surface area contributed by atoms with Gasteiger partial charge in [0.1, 0.15) is 6.04 Å².